The van der Waals surface area contributed by atoms with E-state index in [4.69, 9.17) is 4.74 Å². The van der Waals surface area contributed by atoms with Crippen LogP contribution in [0.15, 0.2) is 10.8 Å². The van der Waals surface area contributed by atoms with Crippen LogP contribution in [0.5, 0.6) is 0 Å². The summed E-state index contributed by atoms with van der Waals surface area (Å²) < 4.78 is 7.96. The van der Waals surface area contributed by atoms with E-state index in [-0.39, 0.29) is 10.4 Å². The van der Waals surface area contributed by atoms with Crippen molar-refractivity contribution < 1.29 is 19.4 Å². The van der Waals surface area contributed by atoms with E-state index < -0.39 is 11.9 Å². The third-order valence-electron chi connectivity index (χ3n) is 4.01. The molecule has 3 aromatic heterocycles. The Morgan fingerprint density at radius 3 is 2.64 bits per heavy atom. The zero-order chi connectivity index (χ0) is 18.0. The highest BCUT2D eigenvalue weighted by Crippen LogP contribution is 2.44. The number of carboxylic acids is 1. The van der Waals surface area contributed by atoms with Gasteiger partial charge in [0.25, 0.3) is 0 Å². The molecule has 0 fully saturated rings. The summed E-state index contributed by atoms with van der Waals surface area (Å²) in [6.07, 6.45) is 4.14. The Hall–Kier alpha value is -1.44. The standard InChI is InChI=1S/C18H20O4S3/c1-10(2)6-4-3-5-7-22-18(21)16-13(17(19)20)15-14(25-16)11-8-23-9-12(11)24-15/h8-10H,3-7H2,1-2H3,(H,19,20). The molecule has 0 atom stereocenters. The van der Waals surface area contributed by atoms with E-state index in [0.29, 0.717) is 17.2 Å². The van der Waals surface area contributed by atoms with Crippen molar-refractivity contribution in [3.05, 3.63) is 21.2 Å². The van der Waals surface area contributed by atoms with Crippen molar-refractivity contribution in [3.63, 3.8) is 0 Å². The lowest BCUT2D eigenvalue weighted by Crippen LogP contribution is -2.09. The van der Waals surface area contributed by atoms with Crippen molar-refractivity contribution in [2.75, 3.05) is 6.61 Å². The Morgan fingerprint density at radius 2 is 1.92 bits per heavy atom. The maximum Gasteiger partial charge on any atom is 0.349 e. The van der Waals surface area contributed by atoms with Gasteiger partial charge in [0.2, 0.25) is 0 Å². The zero-order valence-electron chi connectivity index (χ0n) is 14.2. The molecule has 1 N–H and O–H groups in total. The molecular formula is C18H20O4S3. The van der Waals surface area contributed by atoms with Gasteiger partial charge in [-0.1, -0.05) is 33.1 Å². The van der Waals surface area contributed by atoms with Gasteiger partial charge in [-0.05, 0) is 12.3 Å². The molecular weight excluding hydrogens is 376 g/mol. The van der Waals surface area contributed by atoms with E-state index in [9.17, 15) is 14.7 Å². The van der Waals surface area contributed by atoms with Crippen LogP contribution in [0, 0.1) is 5.92 Å². The Morgan fingerprint density at radius 1 is 1.12 bits per heavy atom. The average Bonchev–Trinajstić information content (AvgIpc) is 3.20. The van der Waals surface area contributed by atoms with Crippen LogP contribution in [-0.2, 0) is 4.74 Å². The van der Waals surface area contributed by atoms with Crippen molar-refractivity contribution in [2.45, 2.75) is 39.5 Å². The first-order valence-corrected chi connectivity index (χ1v) is 10.9. The molecule has 0 saturated heterocycles. The van der Waals surface area contributed by atoms with Gasteiger partial charge < -0.3 is 9.84 Å². The summed E-state index contributed by atoms with van der Waals surface area (Å²) in [5, 5.41) is 14.6. The third kappa shape index (κ3) is 3.88. The van der Waals surface area contributed by atoms with Crippen molar-refractivity contribution in [2.24, 2.45) is 5.92 Å². The van der Waals surface area contributed by atoms with Crippen molar-refractivity contribution >= 4 is 65.4 Å². The van der Waals surface area contributed by atoms with E-state index in [1.165, 1.54) is 29.1 Å². The van der Waals surface area contributed by atoms with Crippen LogP contribution < -0.4 is 0 Å². The van der Waals surface area contributed by atoms with Crippen LogP contribution in [0.25, 0.3) is 19.5 Å². The minimum atomic E-state index is -1.07. The highest BCUT2D eigenvalue weighted by molar-refractivity contribution is 7.35. The number of unbranched alkanes of at least 4 members (excludes halogenated alkanes) is 2. The number of aromatic carboxylic acids is 1. The van der Waals surface area contributed by atoms with E-state index >= 15 is 0 Å². The Bertz CT molecular complexity index is 900. The monoisotopic (exact) mass is 396 g/mol. The van der Waals surface area contributed by atoms with Crippen LogP contribution in [0.1, 0.15) is 59.6 Å². The number of fused-ring (bicyclic) bond motifs is 3. The number of hydrogen-bond acceptors (Lipinski definition) is 6. The second-order valence-corrected chi connectivity index (χ2v) is 9.22. The first-order valence-electron chi connectivity index (χ1n) is 8.30. The average molecular weight is 397 g/mol. The quantitative estimate of drug-likeness (QED) is 0.361. The zero-order valence-corrected chi connectivity index (χ0v) is 16.6. The van der Waals surface area contributed by atoms with Crippen LogP contribution in [0.4, 0.5) is 0 Å². The molecule has 0 radical (unpaired) electrons. The second kappa shape index (κ2) is 7.85. The Labute approximate surface area is 158 Å². The maximum absolute atomic E-state index is 12.4. The van der Waals surface area contributed by atoms with Gasteiger partial charge in [-0.25, -0.2) is 9.59 Å². The van der Waals surface area contributed by atoms with Gasteiger partial charge in [-0.15, -0.1) is 22.7 Å². The molecule has 0 amide bonds. The van der Waals surface area contributed by atoms with Gasteiger partial charge >= 0.3 is 11.9 Å². The first-order chi connectivity index (χ1) is 12.0. The number of esters is 1. The number of hydrogen-bond donors (Lipinski definition) is 1. The second-order valence-electron chi connectivity index (χ2n) is 6.40. The number of carbonyl (C=O) groups excluding carboxylic acids is 1. The molecule has 25 heavy (non-hydrogen) atoms. The number of carbonyl (C=O) groups is 2. The van der Waals surface area contributed by atoms with E-state index in [1.54, 1.807) is 11.3 Å². The van der Waals surface area contributed by atoms with Crippen LogP contribution in [0.3, 0.4) is 0 Å². The van der Waals surface area contributed by atoms with Gasteiger partial charge in [-0.3, -0.25) is 0 Å². The molecule has 7 heteroatoms. The molecule has 0 aromatic carbocycles. The summed E-state index contributed by atoms with van der Waals surface area (Å²) in [6, 6.07) is 0. The number of rotatable bonds is 8. The highest BCUT2D eigenvalue weighted by Gasteiger charge is 2.27. The van der Waals surface area contributed by atoms with Crippen molar-refractivity contribution in [1.82, 2.24) is 0 Å². The highest BCUT2D eigenvalue weighted by atomic mass is 32.1. The van der Waals surface area contributed by atoms with Gasteiger partial charge in [0.1, 0.15) is 10.4 Å². The molecule has 0 bridgehead atoms. The number of ether oxygens (including phenoxy) is 1. The fraction of sp³-hybridized carbons (Fsp3) is 0.444. The number of carboxylic acid groups (broad SMARTS) is 1. The fourth-order valence-electron chi connectivity index (χ4n) is 2.73. The normalized spacial score (nSPS) is 11.6. The molecule has 0 spiro atoms. The topological polar surface area (TPSA) is 63.6 Å². The molecule has 0 aliphatic carbocycles. The lowest BCUT2D eigenvalue weighted by atomic mass is 10.1. The molecule has 0 aliphatic heterocycles. The Balaban J connectivity index is 1.71. The maximum atomic E-state index is 12.4. The van der Waals surface area contributed by atoms with Gasteiger partial charge in [-0.2, -0.15) is 11.3 Å². The molecule has 0 aliphatic rings. The van der Waals surface area contributed by atoms with Crippen LogP contribution in [-0.4, -0.2) is 23.7 Å². The molecule has 3 heterocycles. The Kier molecular flexibility index (Phi) is 5.76. The lowest BCUT2D eigenvalue weighted by Gasteiger charge is -2.06. The SMILES string of the molecule is CC(C)CCCCCOC(=O)c1sc2c(sc3cscc32)c1C(=O)O. The smallest absolute Gasteiger partial charge is 0.349 e. The number of thiophene rings is 3. The summed E-state index contributed by atoms with van der Waals surface area (Å²) in [5.41, 5.74) is 0.0935. The molecule has 3 rings (SSSR count). The third-order valence-corrected chi connectivity index (χ3v) is 7.40. The van der Waals surface area contributed by atoms with Crippen LogP contribution in [0.2, 0.25) is 0 Å². The minimum Gasteiger partial charge on any atom is -0.478 e. The van der Waals surface area contributed by atoms with E-state index in [2.05, 4.69) is 13.8 Å². The summed E-state index contributed by atoms with van der Waals surface area (Å²) in [4.78, 5) is 24.3. The van der Waals surface area contributed by atoms with Crippen molar-refractivity contribution in [1.29, 1.82) is 0 Å². The van der Waals surface area contributed by atoms with Gasteiger partial charge in [0, 0.05) is 20.8 Å². The predicted octanol–water partition coefficient (Wildman–Crippen LogP) is 6.25. The lowest BCUT2D eigenvalue weighted by molar-refractivity contribution is 0.0494. The predicted molar refractivity (Wildman–Crippen MR) is 106 cm³/mol. The van der Waals surface area contributed by atoms with Gasteiger partial charge in [0.05, 0.1) is 16.0 Å². The summed E-state index contributed by atoms with van der Waals surface area (Å²) >= 11 is 4.25. The summed E-state index contributed by atoms with van der Waals surface area (Å²) in [5.74, 6) is -0.894. The van der Waals surface area contributed by atoms with E-state index in [1.807, 2.05) is 10.8 Å². The molecule has 134 valence electrons. The van der Waals surface area contributed by atoms with E-state index in [0.717, 1.165) is 34.0 Å². The molecule has 3 aromatic rings. The van der Waals surface area contributed by atoms with Gasteiger partial charge in [0.15, 0.2) is 0 Å². The molecule has 0 saturated carbocycles. The molecule has 0 unspecified atom stereocenters. The van der Waals surface area contributed by atoms with Crippen LogP contribution >= 0.6 is 34.0 Å². The summed E-state index contributed by atoms with van der Waals surface area (Å²) in [6.45, 7) is 4.73. The largest absolute Gasteiger partial charge is 0.478 e. The summed E-state index contributed by atoms with van der Waals surface area (Å²) in [7, 11) is 0. The first kappa shape index (κ1) is 18.4. The minimum absolute atomic E-state index is 0.0935. The molecule has 4 nitrogen and oxygen atoms in total. The fourth-order valence-corrected chi connectivity index (χ4v) is 6.41. The van der Waals surface area contributed by atoms with Crippen molar-refractivity contribution in [3.8, 4) is 0 Å².